The fourth-order valence-corrected chi connectivity index (χ4v) is 1.23. The lowest BCUT2D eigenvalue weighted by atomic mass is 10.1. The number of alkyl halides is 1. The third-order valence-corrected chi connectivity index (χ3v) is 1.81. The van der Waals surface area contributed by atoms with E-state index < -0.39 is 12.5 Å². The maximum absolute atomic E-state index is 13.2. The lowest BCUT2D eigenvalue weighted by Crippen LogP contribution is -2.09. The number of hydrogen-bond donors (Lipinski definition) is 2. The molecule has 0 unspecified atom stereocenters. The molecule has 0 aliphatic rings. The summed E-state index contributed by atoms with van der Waals surface area (Å²) < 4.78 is 30.3. The van der Waals surface area contributed by atoms with Crippen LogP contribution in [0, 0.1) is 5.82 Å². The number of hydroxylamine groups is 1. The summed E-state index contributed by atoms with van der Waals surface area (Å²) >= 11 is 0. The molecule has 0 spiro atoms. The number of benzene rings is 1. The van der Waals surface area contributed by atoms with Gasteiger partial charge in [0.25, 0.3) is 0 Å². The van der Waals surface area contributed by atoms with E-state index in [4.69, 9.17) is 9.94 Å². The molecule has 0 saturated heterocycles. The highest BCUT2D eigenvalue weighted by molar-refractivity contribution is 5.38. The lowest BCUT2D eigenvalue weighted by molar-refractivity contribution is 0.160. The molecule has 1 aromatic rings. The second kappa shape index (κ2) is 4.88. The molecule has 0 fully saturated rings. The molecular weight excluding hydrogens is 192 g/mol. The first-order chi connectivity index (χ1) is 6.72. The van der Waals surface area contributed by atoms with Crippen molar-refractivity contribution in [2.45, 2.75) is 13.2 Å². The molecule has 3 nitrogen and oxygen atoms in total. The van der Waals surface area contributed by atoms with E-state index in [1.165, 1.54) is 13.2 Å². The third kappa shape index (κ3) is 2.18. The predicted molar refractivity (Wildman–Crippen MR) is 46.4 cm³/mol. The molecule has 78 valence electrons. The molecule has 1 rings (SSSR count). The summed E-state index contributed by atoms with van der Waals surface area (Å²) in [5, 5.41) is 8.47. The van der Waals surface area contributed by atoms with E-state index in [1.54, 1.807) is 0 Å². The van der Waals surface area contributed by atoms with Crippen LogP contribution in [-0.2, 0) is 13.2 Å². The molecule has 2 N–H and O–H groups in total. The van der Waals surface area contributed by atoms with Crippen molar-refractivity contribution in [2.24, 2.45) is 0 Å². The van der Waals surface area contributed by atoms with Crippen LogP contribution in [0.2, 0.25) is 0 Å². The summed E-state index contributed by atoms with van der Waals surface area (Å²) in [7, 11) is 1.31. The number of hydrogen-bond acceptors (Lipinski definition) is 3. The molecule has 0 saturated carbocycles. The molecule has 1 aromatic carbocycles. The molecule has 0 aromatic heterocycles. The van der Waals surface area contributed by atoms with Crippen molar-refractivity contribution in [1.82, 2.24) is 5.48 Å². The highest BCUT2D eigenvalue weighted by Crippen LogP contribution is 2.24. The minimum absolute atomic E-state index is 0.00787. The fourth-order valence-electron chi connectivity index (χ4n) is 1.23. The number of methoxy groups -OCH3 is 1. The van der Waals surface area contributed by atoms with Gasteiger partial charge in [-0.3, -0.25) is 0 Å². The van der Waals surface area contributed by atoms with Crippen LogP contribution in [0.1, 0.15) is 11.1 Å². The maximum atomic E-state index is 13.2. The third-order valence-electron chi connectivity index (χ3n) is 1.81. The summed E-state index contributed by atoms with van der Waals surface area (Å²) in [4.78, 5) is 0. The first-order valence-electron chi connectivity index (χ1n) is 4.01. The Balaban J connectivity index is 3.13. The van der Waals surface area contributed by atoms with Gasteiger partial charge in [0, 0.05) is 12.1 Å². The summed E-state index contributed by atoms with van der Waals surface area (Å²) in [6.45, 7) is -0.743. The molecule has 0 atom stereocenters. The van der Waals surface area contributed by atoms with E-state index in [0.29, 0.717) is 5.56 Å². The molecule has 14 heavy (non-hydrogen) atoms. The van der Waals surface area contributed by atoms with Gasteiger partial charge in [-0.15, -0.1) is 0 Å². The molecule has 0 radical (unpaired) electrons. The predicted octanol–water partition coefficient (Wildman–Crippen LogP) is 1.78. The molecule has 0 heterocycles. The normalized spacial score (nSPS) is 10.3. The monoisotopic (exact) mass is 203 g/mol. The van der Waals surface area contributed by atoms with E-state index in [-0.39, 0.29) is 17.9 Å². The second-order valence-corrected chi connectivity index (χ2v) is 2.74. The summed E-state index contributed by atoms with van der Waals surface area (Å²) in [5.74, 6) is -0.614. The Kier molecular flexibility index (Phi) is 3.79. The van der Waals surface area contributed by atoms with Gasteiger partial charge < -0.3 is 9.94 Å². The zero-order valence-corrected chi connectivity index (χ0v) is 7.68. The Morgan fingerprint density at radius 1 is 1.50 bits per heavy atom. The first kappa shape index (κ1) is 10.9. The standard InChI is InChI=1S/C9H11F2NO2/c1-14-9-7(5-12-13)2-6(4-10)3-8(9)11/h2-3,12-13H,4-5H2,1H3. The smallest absolute Gasteiger partial charge is 0.165 e. The van der Waals surface area contributed by atoms with Gasteiger partial charge in [-0.1, -0.05) is 0 Å². The number of rotatable bonds is 4. The van der Waals surface area contributed by atoms with Gasteiger partial charge in [0.15, 0.2) is 11.6 Å². The van der Waals surface area contributed by atoms with E-state index in [1.807, 2.05) is 5.48 Å². The minimum atomic E-state index is -0.751. The lowest BCUT2D eigenvalue weighted by Gasteiger charge is -2.09. The Hall–Kier alpha value is -1.20. The molecule has 5 heteroatoms. The van der Waals surface area contributed by atoms with Crippen molar-refractivity contribution in [3.8, 4) is 5.75 Å². The van der Waals surface area contributed by atoms with Crippen LogP contribution in [0.5, 0.6) is 5.75 Å². The molecule has 0 aliphatic heterocycles. The number of ether oxygens (including phenoxy) is 1. The molecule has 0 aliphatic carbocycles. The van der Waals surface area contributed by atoms with E-state index >= 15 is 0 Å². The van der Waals surface area contributed by atoms with Crippen molar-refractivity contribution in [2.75, 3.05) is 7.11 Å². The van der Waals surface area contributed by atoms with Crippen LogP contribution >= 0.6 is 0 Å². The highest BCUT2D eigenvalue weighted by atomic mass is 19.1. The zero-order chi connectivity index (χ0) is 10.6. The van der Waals surface area contributed by atoms with Gasteiger partial charge in [-0.05, 0) is 17.7 Å². The van der Waals surface area contributed by atoms with Crippen LogP contribution in [0.3, 0.4) is 0 Å². The van der Waals surface area contributed by atoms with Gasteiger partial charge in [-0.2, -0.15) is 0 Å². The van der Waals surface area contributed by atoms with E-state index in [0.717, 1.165) is 6.07 Å². The summed E-state index contributed by atoms with van der Waals surface area (Å²) in [6.07, 6.45) is 0. The summed E-state index contributed by atoms with van der Waals surface area (Å²) in [6, 6.07) is 2.50. The van der Waals surface area contributed by atoms with Gasteiger partial charge in [-0.25, -0.2) is 14.3 Å². The zero-order valence-electron chi connectivity index (χ0n) is 7.68. The Bertz CT molecular complexity index is 318. The van der Waals surface area contributed by atoms with Gasteiger partial charge in [0.1, 0.15) is 6.67 Å². The maximum Gasteiger partial charge on any atom is 0.165 e. The summed E-state index contributed by atoms with van der Waals surface area (Å²) in [5.41, 5.74) is 2.46. The van der Waals surface area contributed by atoms with E-state index in [2.05, 4.69) is 0 Å². The fraction of sp³-hybridized carbons (Fsp3) is 0.333. The van der Waals surface area contributed by atoms with Gasteiger partial charge >= 0.3 is 0 Å². The van der Waals surface area contributed by atoms with Crippen LogP contribution in [0.25, 0.3) is 0 Å². The van der Waals surface area contributed by atoms with Crippen LogP contribution < -0.4 is 10.2 Å². The quantitative estimate of drug-likeness (QED) is 0.733. The minimum Gasteiger partial charge on any atom is -0.493 e. The van der Waals surface area contributed by atoms with Crippen LogP contribution in [0.15, 0.2) is 12.1 Å². The van der Waals surface area contributed by atoms with Gasteiger partial charge in [0.2, 0.25) is 0 Å². The van der Waals surface area contributed by atoms with Crippen molar-refractivity contribution < 1.29 is 18.7 Å². The van der Waals surface area contributed by atoms with Gasteiger partial charge in [0.05, 0.1) is 7.11 Å². The average molecular weight is 203 g/mol. The number of nitrogens with one attached hydrogen (secondary N) is 1. The number of halogens is 2. The SMILES string of the molecule is COc1c(F)cc(CF)cc1CNO. The van der Waals surface area contributed by atoms with Crippen molar-refractivity contribution in [3.63, 3.8) is 0 Å². The first-order valence-corrected chi connectivity index (χ1v) is 4.01. The topological polar surface area (TPSA) is 41.5 Å². The van der Waals surface area contributed by atoms with Crippen molar-refractivity contribution >= 4 is 0 Å². The van der Waals surface area contributed by atoms with Crippen molar-refractivity contribution in [3.05, 3.63) is 29.1 Å². The largest absolute Gasteiger partial charge is 0.493 e. The Morgan fingerprint density at radius 2 is 2.21 bits per heavy atom. The Labute approximate surface area is 80.3 Å². The van der Waals surface area contributed by atoms with E-state index in [9.17, 15) is 8.78 Å². The highest BCUT2D eigenvalue weighted by Gasteiger charge is 2.10. The Morgan fingerprint density at radius 3 is 2.71 bits per heavy atom. The average Bonchev–Trinajstić information content (AvgIpc) is 2.18. The van der Waals surface area contributed by atoms with Crippen molar-refractivity contribution in [1.29, 1.82) is 0 Å². The molecule has 0 amide bonds. The van der Waals surface area contributed by atoms with Crippen LogP contribution in [-0.4, -0.2) is 12.3 Å². The molecular formula is C9H11F2NO2. The van der Waals surface area contributed by atoms with Crippen LogP contribution in [0.4, 0.5) is 8.78 Å². The molecule has 0 bridgehead atoms. The second-order valence-electron chi connectivity index (χ2n) is 2.74.